The van der Waals surface area contributed by atoms with Gasteiger partial charge in [0.1, 0.15) is 10.0 Å². The van der Waals surface area contributed by atoms with Gasteiger partial charge in [-0.25, -0.2) is 18.1 Å². The third-order valence-corrected chi connectivity index (χ3v) is 4.77. The Balaban J connectivity index is 2.25. The number of halogens is 1. The van der Waals surface area contributed by atoms with E-state index >= 15 is 0 Å². The molecule has 0 amide bonds. The molecule has 1 unspecified atom stereocenters. The Labute approximate surface area is 130 Å². The Morgan fingerprint density at radius 3 is 2.48 bits per heavy atom. The van der Waals surface area contributed by atoms with Gasteiger partial charge in [-0.1, -0.05) is 55.3 Å². The van der Waals surface area contributed by atoms with Crippen LogP contribution in [-0.2, 0) is 10.0 Å². The van der Waals surface area contributed by atoms with Crippen molar-refractivity contribution in [3.8, 4) is 0 Å². The summed E-state index contributed by atoms with van der Waals surface area (Å²) < 4.78 is 27.6. The average Bonchev–Trinajstić information content (AvgIpc) is 2.48. The summed E-state index contributed by atoms with van der Waals surface area (Å²) >= 11 is 5.69. The van der Waals surface area contributed by atoms with Crippen molar-refractivity contribution >= 4 is 21.6 Å². The molecule has 1 heterocycles. The molecule has 0 aliphatic carbocycles. The molecule has 21 heavy (non-hydrogen) atoms. The molecule has 0 saturated carbocycles. The number of hydrogen-bond donors (Lipinski definition) is 1. The molecule has 112 valence electrons. The van der Waals surface area contributed by atoms with Gasteiger partial charge in [-0.2, -0.15) is 0 Å². The van der Waals surface area contributed by atoms with Crippen LogP contribution in [0, 0.1) is 0 Å². The lowest BCUT2D eigenvalue weighted by Crippen LogP contribution is -2.28. The highest BCUT2D eigenvalue weighted by molar-refractivity contribution is 7.89. The van der Waals surface area contributed by atoms with Gasteiger partial charge < -0.3 is 0 Å². The third-order valence-electron chi connectivity index (χ3n) is 3.09. The fourth-order valence-electron chi connectivity index (χ4n) is 2.04. The lowest BCUT2D eigenvalue weighted by Gasteiger charge is -2.18. The highest BCUT2D eigenvalue weighted by Crippen LogP contribution is 2.21. The maximum Gasteiger partial charge on any atom is 0.242 e. The van der Waals surface area contributed by atoms with Crippen LogP contribution < -0.4 is 4.72 Å². The molecule has 6 heteroatoms. The number of aromatic nitrogens is 1. The van der Waals surface area contributed by atoms with Gasteiger partial charge in [-0.15, -0.1) is 0 Å². The minimum absolute atomic E-state index is 0.115. The zero-order chi connectivity index (χ0) is 15.3. The van der Waals surface area contributed by atoms with E-state index in [1.807, 2.05) is 37.3 Å². The molecule has 1 aromatic carbocycles. The number of nitrogens with one attached hydrogen (secondary N) is 1. The van der Waals surface area contributed by atoms with Crippen molar-refractivity contribution in [2.24, 2.45) is 0 Å². The predicted octanol–water partition coefficient (Wildman–Crippen LogP) is 3.55. The van der Waals surface area contributed by atoms with Crippen LogP contribution >= 0.6 is 11.6 Å². The van der Waals surface area contributed by atoms with Gasteiger partial charge in [-0.3, -0.25) is 0 Å². The van der Waals surface area contributed by atoms with E-state index < -0.39 is 10.0 Å². The van der Waals surface area contributed by atoms with Crippen molar-refractivity contribution in [1.82, 2.24) is 9.71 Å². The van der Waals surface area contributed by atoms with Crippen molar-refractivity contribution < 1.29 is 8.42 Å². The van der Waals surface area contributed by atoms with E-state index in [2.05, 4.69) is 9.71 Å². The lowest BCUT2D eigenvalue weighted by atomic mass is 10.0. The van der Waals surface area contributed by atoms with Gasteiger partial charge in [0.15, 0.2) is 0 Å². The van der Waals surface area contributed by atoms with Crippen molar-refractivity contribution in [3.05, 3.63) is 59.4 Å². The molecule has 2 aromatic rings. The van der Waals surface area contributed by atoms with E-state index in [1.54, 1.807) is 0 Å². The number of sulfonamides is 1. The van der Waals surface area contributed by atoms with Crippen LogP contribution in [0.1, 0.15) is 31.4 Å². The van der Waals surface area contributed by atoms with Crippen LogP contribution in [0.25, 0.3) is 0 Å². The maximum atomic E-state index is 12.4. The Hall–Kier alpha value is -1.43. The smallest absolute Gasteiger partial charge is 0.242 e. The van der Waals surface area contributed by atoms with Crippen molar-refractivity contribution in [1.29, 1.82) is 0 Å². The van der Waals surface area contributed by atoms with Gasteiger partial charge in [0, 0.05) is 12.2 Å². The monoisotopic (exact) mass is 324 g/mol. The van der Waals surface area contributed by atoms with Crippen LogP contribution in [0.2, 0.25) is 5.15 Å². The minimum Gasteiger partial charge on any atom is -0.243 e. The normalized spacial score (nSPS) is 13.0. The molecule has 0 bridgehead atoms. The summed E-state index contributed by atoms with van der Waals surface area (Å²) in [6.07, 6.45) is 2.86. The topological polar surface area (TPSA) is 59.1 Å². The first-order chi connectivity index (χ1) is 10.0. The van der Waals surface area contributed by atoms with Crippen molar-refractivity contribution in [2.75, 3.05) is 0 Å². The number of benzene rings is 1. The summed E-state index contributed by atoms with van der Waals surface area (Å²) in [6.45, 7) is 2.02. The summed E-state index contributed by atoms with van der Waals surface area (Å²) in [5.74, 6) is 0. The van der Waals surface area contributed by atoms with E-state index in [4.69, 9.17) is 11.6 Å². The zero-order valence-electron chi connectivity index (χ0n) is 11.7. The molecule has 2 rings (SSSR count). The summed E-state index contributed by atoms with van der Waals surface area (Å²) in [4.78, 5) is 3.93. The summed E-state index contributed by atoms with van der Waals surface area (Å²) in [5, 5.41) is 0.266. The largest absolute Gasteiger partial charge is 0.243 e. The standard InChI is InChI=1S/C15H17ClN2O2S/c1-2-6-14(12-7-4-3-5-8-12)18-21(19,20)13-9-10-15(16)17-11-13/h3-5,7-11,14,18H,2,6H2,1H3. The van der Waals surface area contributed by atoms with Gasteiger partial charge in [0.25, 0.3) is 0 Å². The van der Waals surface area contributed by atoms with E-state index in [-0.39, 0.29) is 16.1 Å². The average molecular weight is 325 g/mol. The molecular weight excluding hydrogens is 308 g/mol. The van der Waals surface area contributed by atoms with Gasteiger partial charge in [0.05, 0.1) is 0 Å². The van der Waals surface area contributed by atoms with E-state index in [0.29, 0.717) is 0 Å². The van der Waals surface area contributed by atoms with E-state index in [1.165, 1.54) is 18.3 Å². The second-order valence-electron chi connectivity index (χ2n) is 4.69. The zero-order valence-corrected chi connectivity index (χ0v) is 13.2. The van der Waals surface area contributed by atoms with Crippen molar-refractivity contribution in [2.45, 2.75) is 30.7 Å². The van der Waals surface area contributed by atoms with Gasteiger partial charge >= 0.3 is 0 Å². The Kier molecular flexibility index (Phi) is 5.33. The molecule has 1 aromatic heterocycles. The Morgan fingerprint density at radius 1 is 1.19 bits per heavy atom. The minimum atomic E-state index is -3.62. The Bertz CT molecular complexity index is 673. The lowest BCUT2D eigenvalue weighted by molar-refractivity contribution is 0.536. The molecule has 0 aliphatic heterocycles. The number of hydrogen-bond acceptors (Lipinski definition) is 3. The predicted molar refractivity (Wildman–Crippen MR) is 83.7 cm³/mol. The molecule has 4 nitrogen and oxygen atoms in total. The molecular formula is C15H17ClN2O2S. The van der Waals surface area contributed by atoms with Crippen LogP contribution in [0.4, 0.5) is 0 Å². The number of rotatable bonds is 6. The molecule has 0 aliphatic rings. The maximum absolute atomic E-state index is 12.4. The van der Waals surface area contributed by atoms with Crippen LogP contribution in [0.15, 0.2) is 53.6 Å². The fraction of sp³-hybridized carbons (Fsp3) is 0.267. The van der Waals surface area contributed by atoms with Crippen LogP contribution in [0.5, 0.6) is 0 Å². The number of nitrogens with zero attached hydrogens (tertiary/aromatic N) is 1. The molecule has 1 atom stereocenters. The highest BCUT2D eigenvalue weighted by atomic mass is 35.5. The summed E-state index contributed by atoms with van der Waals surface area (Å²) in [7, 11) is -3.62. The SMILES string of the molecule is CCCC(NS(=O)(=O)c1ccc(Cl)nc1)c1ccccc1. The van der Waals surface area contributed by atoms with Crippen LogP contribution in [-0.4, -0.2) is 13.4 Å². The number of pyridine rings is 1. The first-order valence-corrected chi connectivity index (χ1v) is 8.58. The Morgan fingerprint density at radius 2 is 1.90 bits per heavy atom. The molecule has 0 radical (unpaired) electrons. The first-order valence-electron chi connectivity index (χ1n) is 6.72. The quantitative estimate of drug-likeness (QED) is 0.827. The van der Waals surface area contributed by atoms with E-state index in [0.717, 1.165) is 18.4 Å². The third kappa shape index (κ3) is 4.27. The summed E-state index contributed by atoms with van der Waals surface area (Å²) in [5.41, 5.74) is 0.949. The summed E-state index contributed by atoms with van der Waals surface area (Å²) in [6, 6.07) is 12.2. The van der Waals surface area contributed by atoms with Crippen molar-refractivity contribution in [3.63, 3.8) is 0 Å². The molecule has 0 spiro atoms. The molecule has 0 saturated heterocycles. The fourth-order valence-corrected chi connectivity index (χ4v) is 3.36. The highest BCUT2D eigenvalue weighted by Gasteiger charge is 2.21. The van der Waals surface area contributed by atoms with Crippen LogP contribution in [0.3, 0.4) is 0 Å². The second kappa shape index (κ2) is 7.02. The second-order valence-corrected chi connectivity index (χ2v) is 6.79. The first kappa shape index (κ1) is 15.9. The van der Waals surface area contributed by atoms with Gasteiger partial charge in [-0.05, 0) is 24.1 Å². The van der Waals surface area contributed by atoms with E-state index in [9.17, 15) is 8.42 Å². The molecule has 1 N–H and O–H groups in total. The molecule has 0 fully saturated rings. The van der Waals surface area contributed by atoms with Gasteiger partial charge in [0.2, 0.25) is 10.0 Å².